The fraction of sp³-hybridized carbons (Fsp3) is 0.500. The molecule has 0 radical (unpaired) electrons. The van der Waals surface area contributed by atoms with Gasteiger partial charge in [-0.25, -0.2) is 8.42 Å². The van der Waals surface area contributed by atoms with Crippen molar-refractivity contribution < 1.29 is 17.9 Å². The van der Waals surface area contributed by atoms with E-state index in [0.717, 1.165) is 12.0 Å². The Morgan fingerprint density at radius 1 is 1.38 bits per heavy atom. The van der Waals surface area contributed by atoms with Crippen molar-refractivity contribution in [3.8, 4) is 5.75 Å². The summed E-state index contributed by atoms with van der Waals surface area (Å²) in [6.07, 6.45) is 2.42. The summed E-state index contributed by atoms with van der Waals surface area (Å²) in [6, 6.07) is 8.73. The summed E-state index contributed by atoms with van der Waals surface area (Å²) >= 11 is 0. The normalized spacial score (nSPS) is 19.4. The average Bonchev–Trinajstić information content (AvgIpc) is 2.94. The topological polar surface area (TPSA) is 75.7 Å². The quantitative estimate of drug-likeness (QED) is 0.781. The summed E-state index contributed by atoms with van der Waals surface area (Å²) in [4.78, 5) is 12.0. The Kier molecular flexibility index (Phi) is 5.19. The van der Waals surface area contributed by atoms with Gasteiger partial charge < -0.3 is 10.1 Å². The Bertz CT molecular complexity index is 574. The van der Waals surface area contributed by atoms with Crippen molar-refractivity contribution in [2.45, 2.75) is 18.9 Å². The molecule has 6 nitrogen and oxygen atoms in total. The molecule has 1 heterocycles. The summed E-state index contributed by atoms with van der Waals surface area (Å²) in [5, 5.41) is 2.73. The van der Waals surface area contributed by atoms with Gasteiger partial charge in [-0.1, -0.05) is 18.2 Å². The number of carbonyl (C=O) groups excluding carboxylic acids is 1. The second-order valence-electron chi connectivity index (χ2n) is 4.98. The van der Waals surface area contributed by atoms with Crippen LogP contribution in [-0.2, 0) is 14.8 Å². The van der Waals surface area contributed by atoms with Gasteiger partial charge in [0.25, 0.3) is 0 Å². The third kappa shape index (κ3) is 4.44. The lowest BCUT2D eigenvalue weighted by Crippen LogP contribution is -2.46. The zero-order valence-corrected chi connectivity index (χ0v) is 12.8. The molecule has 21 heavy (non-hydrogen) atoms. The third-order valence-electron chi connectivity index (χ3n) is 3.35. The van der Waals surface area contributed by atoms with Crippen molar-refractivity contribution in [3.05, 3.63) is 30.3 Å². The minimum Gasteiger partial charge on any atom is -0.492 e. The molecule has 1 aliphatic rings. The van der Waals surface area contributed by atoms with Crippen molar-refractivity contribution in [1.29, 1.82) is 0 Å². The Balaban J connectivity index is 1.77. The zero-order valence-electron chi connectivity index (χ0n) is 12.0. The van der Waals surface area contributed by atoms with Gasteiger partial charge in [0.2, 0.25) is 15.9 Å². The Morgan fingerprint density at radius 3 is 2.76 bits per heavy atom. The van der Waals surface area contributed by atoms with Gasteiger partial charge in [0.15, 0.2) is 0 Å². The summed E-state index contributed by atoms with van der Waals surface area (Å²) in [6.45, 7) is 1.11. The third-order valence-corrected chi connectivity index (χ3v) is 4.63. The Morgan fingerprint density at radius 2 is 2.10 bits per heavy atom. The summed E-state index contributed by atoms with van der Waals surface area (Å²) in [7, 11) is -3.33. The second-order valence-corrected chi connectivity index (χ2v) is 6.92. The number of hydrogen-bond donors (Lipinski definition) is 1. The maximum absolute atomic E-state index is 12.0. The predicted molar refractivity (Wildman–Crippen MR) is 79.5 cm³/mol. The smallest absolute Gasteiger partial charge is 0.238 e. The van der Waals surface area contributed by atoms with E-state index in [1.807, 2.05) is 30.3 Å². The predicted octanol–water partition coefficient (Wildman–Crippen LogP) is 0.606. The number of nitrogens with zero attached hydrogens (tertiary/aromatic N) is 1. The molecule has 0 aliphatic carbocycles. The van der Waals surface area contributed by atoms with Crippen LogP contribution in [0.3, 0.4) is 0 Å². The molecule has 1 atom stereocenters. The van der Waals surface area contributed by atoms with Crippen LogP contribution < -0.4 is 10.1 Å². The molecule has 0 unspecified atom stereocenters. The Hall–Kier alpha value is -1.60. The monoisotopic (exact) mass is 312 g/mol. The van der Waals surface area contributed by atoms with Crippen LogP contribution in [0.1, 0.15) is 12.8 Å². The lowest BCUT2D eigenvalue weighted by molar-refractivity contribution is -0.124. The van der Waals surface area contributed by atoms with Crippen LogP contribution in [0.5, 0.6) is 5.75 Å². The van der Waals surface area contributed by atoms with Crippen LogP contribution in [0, 0.1) is 0 Å². The highest BCUT2D eigenvalue weighted by atomic mass is 32.2. The van der Waals surface area contributed by atoms with E-state index in [2.05, 4.69) is 5.32 Å². The van der Waals surface area contributed by atoms with E-state index < -0.39 is 16.1 Å². The van der Waals surface area contributed by atoms with Crippen LogP contribution in [0.2, 0.25) is 0 Å². The highest BCUT2D eigenvalue weighted by molar-refractivity contribution is 7.88. The Labute approximate surface area is 125 Å². The fourth-order valence-electron chi connectivity index (χ4n) is 2.38. The van der Waals surface area contributed by atoms with Crippen LogP contribution in [0.15, 0.2) is 30.3 Å². The standard InChI is InChI=1S/C14H20N2O4S/c1-21(18,19)16-10-5-8-13(16)14(17)15-9-11-20-12-6-3-2-4-7-12/h2-4,6-7,13H,5,8-11H2,1H3,(H,15,17)/t13-/m0/s1. The van der Waals surface area contributed by atoms with Gasteiger partial charge in [-0.3, -0.25) is 4.79 Å². The molecule has 0 bridgehead atoms. The number of benzene rings is 1. The van der Waals surface area contributed by atoms with Crippen molar-refractivity contribution in [2.75, 3.05) is 26.0 Å². The number of amides is 1. The minimum atomic E-state index is -3.33. The second kappa shape index (κ2) is 6.91. The van der Waals surface area contributed by atoms with Gasteiger partial charge in [0.1, 0.15) is 18.4 Å². The van der Waals surface area contributed by atoms with E-state index in [1.165, 1.54) is 4.31 Å². The van der Waals surface area contributed by atoms with E-state index in [4.69, 9.17) is 4.74 Å². The summed E-state index contributed by atoms with van der Waals surface area (Å²) in [5.74, 6) is 0.486. The lowest BCUT2D eigenvalue weighted by Gasteiger charge is -2.21. The first kappa shape index (κ1) is 15.8. The molecular weight excluding hydrogens is 292 g/mol. The summed E-state index contributed by atoms with van der Waals surface area (Å²) < 4.78 is 29.9. The number of ether oxygens (including phenoxy) is 1. The van der Waals surface area contributed by atoms with Gasteiger partial charge in [-0.15, -0.1) is 0 Å². The number of para-hydroxylation sites is 1. The molecule has 116 valence electrons. The first-order valence-electron chi connectivity index (χ1n) is 6.91. The molecule has 1 amide bonds. The molecule has 0 saturated carbocycles. The molecule has 1 aromatic carbocycles. The van der Waals surface area contributed by atoms with Crippen molar-refractivity contribution in [1.82, 2.24) is 9.62 Å². The molecule has 0 aromatic heterocycles. The molecule has 1 N–H and O–H groups in total. The highest BCUT2D eigenvalue weighted by Crippen LogP contribution is 2.20. The molecular formula is C14H20N2O4S. The van der Waals surface area contributed by atoms with Crippen LogP contribution >= 0.6 is 0 Å². The SMILES string of the molecule is CS(=O)(=O)N1CCC[C@H]1C(=O)NCCOc1ccccc1. The molecule has 1 aliphatic heterocycles. The molecule has 7 heteroatoms. The van der Waals surface area contributed by atoms with E-state index in [-0.39, 0.29) is 5.91 Å². The van der Waals surface area contributed by atoms with Gasteiger partial charge in [0.05, 0.1) is 12.8 Å². The first-order chi connectivity index (χ1) is 9.98. The van der Waals surface area contributed by atoms with Crippen LogP contribution in [-0.4, -0.2) is 50.6 Å². The maximum Gasteiger partial charge on any atom is 0.238 e. The average molecular weight is 312 g/mol. The number of sulfonamides is 1. The van der Waals surface area contributed by atoms with Gasteiger partial charge >= 0.3 is 0 Å². The molecule has 1 fully saturated rings. The first-order valence-corrected chi connectivity index (χ1v) is 8.75. The zero-order chi connectivity index (χ0) is 15.3. The molecule has 1 aromatic rings. The van der Waals surface area contributed by atoms with Crippen molar-refractivity contribution >= 4 is 15.9 Å². The van der Waals surface area contributed by atoms with Gasteiger partial charge in [0, 0.05) is 6.54 Å². The number of rotatable bonds is 6. The van der Waals surface area contributed by atoms with Gasteiger partial charge in [-0.2, -0.15) is 4.31 Å². The van der Waals surface area contributed by atoms with E-state index in [1.54, 1.807) is 0 Å². The number of hydrogen-bond acceptors (Lipinski definition) is 4. The van der Waals surface area contributed by atoms with Crippen LogP contribution in [0.4, 0.5) is 0 Å². The van der Waals surface area contributed by atoms with Crippen molar-refractivity contribution in [3.63, 3.8) is 0 Å². The molecule has 0 spiro atoms. The van der Waals surface area contributed by atoms with E-state index in [0.29, 0.717) is 32.5 Å². The fourth-order valence-corrected chi connectivity index (χ4v) is 3.50. The van der Waals surface area contributed by atoms with Crippen molar-refractivity contribution in [2.24, 2.45) is 0 Å². The number of carbonyl (C=O) groups is 1. The minimum absolute atomic E-state index is 0.255. The van der Waals surface area contributed by atoms with E-state index >= 15 is 0 Å². The maximum atomic E-state index is 12.0. The molecule has 1 saturated heterocycles. The highest BCUT2D eigenvalue weighted by Gasteiger charge is 2.36. The largest absolute Gasteiger partial charge is 0.492 e. The van der Waals surface area contributed by atoms with Crippen LogP contribution in [0.25, 0.3) is 0 Å². The van der Waals surface area contributed by atoms with E-state index in [9.17, 15) is 13.2 Å². The van der Waals surface area contributed by atoms with Gasteiger partial charge in [-0.05, 0) is 25.0 Å². The summed E-state index contributed by atoms with van der Waals surface area (Å²) in [5.41, 5.74) is 0. The molecule has 2 rings (SSSR count). The lowest BCUT2D eigenvalue weighted by atomic mass is 10.2. The number of nitrogens with one attached hydrogen (secondary N) is 1.